The molecule has 0 unspecified atom stereocenters. The number of nitrogens with one attached hydrogen (secondary N) is 1. The number of hydrogen-bond acceptors (Lipinski definition) is 2. The average Bonchev–Trinajstić information content (AvgIpc) is 2.52. The van der Waals surface area contributed by atoms with Crippen LogP contribution in [-0.2, 0) is 17.8 Å². The first-order valence-electron chi connectivity index (χ1n) is 7.57. The summed E-state index contributed by atoms with van der Waals surface area (Å²) in [6.45, 7) is 1.34. The molecular formula is C18H19Cl2FN2O. The molecule has 1 N–H and O–H groups in total. The van der Waals surface area contributed by atoms with Gasteiger partial charge in [0.2, 0.25) is 5.91 Å². The molecule has 0 aliphatic heterocycles. The molecule has 0 aliphatic rings. The largest absolute Gasteiger partial charge is 0.355 e. The summed E-state index contributed by atoms with van der Waals surface area (Å²) >= 11 is 12.0. The highest BCUT2D eigenvalue weighted by Crippen LogP contribution is 2.21. The molecule has 0 aliphatic carbocycles. The van der Waals surface area contributed by atoms with Gasteiger partial charge in [-0.15, -0.1) is 0 Å². The van der Waals surface area contributed by atoms with Gasteiger partial charge in [-0.1, -0.05) is 41.4 Å². The fraction of sp³-hybridized carbons (Fsp3) is 0.278. The van der Waals surface area contributed by atoms with Gasteiger partial charge in [0, 0.05) is 23.1 Å². The highest BCUT2D eigenvalue weighted by atomic mass is 35.5. The molecule has 0 aromatic heterocycles. The maximum Gasteiger partial charge on any atom is 0.234 e. The lowest BCUT2D eigenvalue weighted by molar-refractivity contribution is -0.122. The summed E-state index contributed by atoms with van der Waals surface area (Å²) in [5.41, 5.74) is 1.90. The fourth-order valence-corrected chi connectivity index (χ4v) is 2.76. The lowest BCUT2D eigenvalue weighted by Gasteiger charge is -2.17. The number of carbonyl (C=O) groups excluding carboxylic acids is 1. The Morgan fingerprint density at radius 3 is 2.54 bits per heavy atom. The van der Waals surface area contributed by atoms with E-state index in [1.807, 2.05) is 18.0 Å². The van der Waals surface area contributed by atoms with Crippen molar-refractivity contribution in [3.8, 4) is 0 Å². The Kier molecular flexibility index (Phi) is 7.03. The smallest absolute Gasteiger partial charge is 0.234 e. The number of likely N-dealkylation sites (N-methyl/N-ethyl adjacent to an activating group) is 1. The SMILES string of the molecule is CN(CC(=O)NCCc1ccc(F)cc1)Cc1ccc(Cl)cc1Cl. The van der Waals surface area contributed by atoms with Gasteiger partial charge in [0.1, 0.15) is 5.82 Å². The maximum atomic E-state index is 12.8. The van der Waals surface area contributed by atoms with E-state index < -0.39 is 0 Å². The van der Waals surface area contributed by atoms with E-state index in [2.05, 4.69) is 5.32 Å². The number of nitrogens with zero attached hydrogens (tertiary/aromatic N) is 1. The van der Waals surface area contributed by atoms with Crippen LogP contribution in [0.1, 0.15) is 11.1 Å². The number of hydrogen-bond donors (Lipinski definition) is 1. The van der Waals surface area contributed by atoms with Gasteiger partial charge in [-0.3, -0.25) is 9.69 Å². The second-order valence-electron chi connectivity index (χ2n) is 5.63. The van der Waals surface area contributed by atoms with Crippen molar-refractivity contribution in [2.75, 3.05) is 20.1 Å². The fourth-order valence-electron chi connectivity index (χ4n) is 2.29. The first kappa shape index (κ1) is 18.7. The zero-order valence-electron chi connectivity index (χ0n) is 13.4. The molecule has 3 nitrogen and oxygen atoms in total. The Morgan fingerprint density at radius 2 is 1.88 bits per heavy atom. The Labute approximate surface area is 151 Å². The van der Waals surface area contributed by atoms with Crippen LogP contribution < -0.4 is 5.32 Å². The zero-order chi connectivity index (χ0) is 17.5. The number of halogens is 3. The highest BCUT2D eigenvalue weighted by Gasteiger charge is 2.09. The maximum absolute atomic E-state index is 12.8. The van der Waals surface area contributed by atoms with Crippen LogP contribution in [0.5, 0.6) is 0 Å². The van der Waals surface area contributed by atoms with E-state index in [4.69, 9.17) is 23.2 Å². The lowest BCUT2D eigenvalue weighted by Crippen LogP contribution is -2.35. The molecule has 2 rings (SSSR count). The number of rotatable bonds is 7. The van der Waals surface area contributed by atoms with Crippen molar-refractivity contribution in [3.63, 3.8) is 0 Å². The molecule has 0 heterocycles. The summed E-state index contributed by atoms with van der Waals surface area (Å²) in [7, 11) is 1.85. The van der Waals surface area contributed by atoms with Gasteiger partial charge in [0.25, 0.3) is 0 Å². The molecule has 6 heteroatoms. The van der Waals surface area contributed by atoms with Crippen LogP contribution in [0.2, 0.25) is 10.0 Å². The van der Waals surface area contributed by atoms with Crippen molar-refractivity contribution in [3.05, 3.63) is 69.5 Å². The van der Waals surface area contributed by atoms with E-state index in [0.717, 1.165) is 11.1 Å². The van der Waals surface area contributed by atoms with Gasteiger partial charge in [-0.25, -0.2) is 4.39 Å². The summed E-state index contributed by atoms with van der Waals surface area (Å²) in [5.74, 6) is -0.324. The van der Waals surface area contributed by atoms with E-state index in [-0.39, 0.29) is 18.3 Å². The third-order valence-electron chi connectivity index (χ3n) is 3.52. The van der Waals surface area contributed by atoms with Crippen LogP contribution in [-0.4, -0.2) is 30.9 Å². The van der Waals surface area contributed by atoms with E-state index in [0.29, 0.717) is 29.6 Å². The van der Waals surface area contributed by atoms with E-state index in [9.17, 15) is 9.18 Å². The number of amides is 1. The molecule has 2 aromatic carbocycles. The standard InChI is InChI=1S/C18H19Cl2FN2O/c1-23(11-14-4-5-15(19)10-17(14)20)12-18(24)22-9-8-13-2-6-16(21)7-3-13/h2-7,10H,8-9,11-12H2,1H3,(H,22,24). The van der Waals surface area contributed by atoms with Gasteiger partial charge in [0.15, 0.2) is 0 Å². The molecule has 0 saturated carbocycles. The summed E-state index contributed by atoms with van der Waals surface area (Å²) in [6, 6.07) is 11.6. The van der Waals surface area contributed by atoms with Crippen molar-refractivity contribution < 1.29 is 9.18 Å². The van der Waals surface area contributed by atoms with Crippen molar-refractivity contribution in [1.82, 2.24) is 10.2 Å². The molecule has 0 bridgehead atoms. The molecule has 0 fully saturated rings. The third-order valence-corrected chi connectivity index (χ3v) is 4.10. The highest BCUT2D eigenvalue weighted by molar-refractivity contribution is 6.35. The van der Waals surface area contributed by atoms with Gasteiger partial charge < -0.3 is 5.32 Å². The third kappa shape index (κ3) is 6.11. The van der Waals surface area contributed by atoms with Crippen molar-refractivity contribution in [1.29, 1.82) is 0 Å². The average molecular weight is 369 g/mol. The molecule has 0 spiro atoms. The summed E-state index contributed by atoms with van der Waals surface area (Å²) in [6.07, 6.45) is 0.665. The zero-order valence-corrected chi connectivity index (χ0v) is 14.9. The van der Waals surface area contributed by atoms with Gasteiger partial charge in [-0.05, 0) is 48.9 Å². The second-order valence-corrected chi connectivity index (χ2v) is 6.48. The topological polar surface area (TPSA) is 32.3 Å². The predicted molar refractivity (Wildman–Crippen MR) is 95.9 cm³/mol. The molecule has 1 amide bonds. The monoisotopic (exact) mass is 368 g/mol. The first-order chi connectivity index (χ1) is 11.4. The Balaban J connectivity index is 1.74. The van der Waals surface area contributed by atoms with Gasteiger partial charge in [-0.2, -0.15) is 0 Å². The molecule has 0 saturated heterocycles. The molecule has 24 heavy (non-hydrogen) atoms. The predicted octanol–water partition coefficient (Wildman–Crippen LogP) is 3.92. The number of benzene rings is 2. The van der Waals surface area contributed by atoms with Crippen molar-refractivity contribution >= 4 is 29.1 Å². The normalized spacial score (nSPS) is 10.9. The molecule has 0 atom stereocenters. The minimum Gasteiger partial charge on any atom is -0.355 e. The van der Waals surface area contributed by atoms with Crippen molar-refractivity contribution in [2.45, 2.75) is 13.0 Å². The molecule has 2 aromatic rings. The van der Waals surface area contributed by atoms with Crippen molar-refractivity contribution in [2.24, 2.45) is 0 Å². The van der Waals surface area contributed by atoms with Crippen LogP contribution in [0.4, 0.5) is 4.39 Å². The van der Waals surface area contributed by atoms with Crippen LogP contribution in [0.25, 0.3) is 0 Å². The van der Waals surface area contributed by atoms with Crippen LogP contribution >= 0.6 is 23.2 Å². The van der Waals surface area contributed by atoms with Gasteiger partial charge in [0.05, 0.1) is 6.54 Å². The Bertz CT molecular complexity index is 692. The number of carbonyl (C=O) groups is 1. The lowest BCUT2D eigenvalue weighted by atomic mass is 10.1. The van der Waals surface area contributed by atoms with Crippen LogP contribution in [0, 0.1) is 5.82 Å². The summed E-state index contributed by atoms with van der Waals surface area (Å²) < 4.78 is 12.8. The van der Waals surface area contributed by atoms with Crippen LogP contribution in [0.15, 0.2) is 42.5 Å². The Hall–Kier alpha value is -1.62. The second kappa shape index (κ2) is 9.02. The summed E-state index contributed by atoms with van der Waals surface area (Å²) in [5, 5.41) is 4.03. The molecular weight excluding hydrogens is 350 g/mol. The quantitative estimate of drug-likeness (QED) is 0.802. The minimum atomic E-state index is -0.259. The van der Waals surface area contributed by atoms with Gasteiger partial charge >= 0.3 is 0 Å². The Morgan fingerprint density at radius 1 is 1.17 bits per heavy atom. The van der Waals surface area contributed by atoms with Crippen LogP contribution in [0.3, 0.4) is 0 Å². The van der Waals surface area contributed by atoms with E-state index in [1.165, 1.54) is 12.1 Å². The molecule has 0 radical (unpaired) electrons. The molecule has 128 valence electrons. The minimum absolute atomic E-state index is 0.0651. The first-order valence-corrected chi connectivity index (χ1v) is 8.33. The van der Waals surface area contributed by atoms with E-state index in [1.54, 1.807) is 24.3 Å². The summed E-state index contributed by atoms with van der Waals surface area (Å²) in [4.78, 5) is 13.8. The van der Waals surface area contributed by atoms with E-state index >= 15 is 0 Å².